The van der Waals surface area contributed by atoms with Crippen molar-refractivity contribution >= 4 is 11.6 Å². The van der Waals surface area contributed by atoms with E-state index in [4.69, 9.17) is 0 Å². The number of nitrogens with one attached hydrogen (secondary N) is 1. The molecule has 3 aromatic rings. The van der Waals surface area contributed by atoms with Gasteiger partial charge in [0.1, 0.15) is 6.04 Å². The minimum absolute atomic E-state index is 0.279. The van der Waals surface area contributed by atoms with Gasteiger partial charge in [-0.05, 0) is 44.0 Å². The third-order valence-corrected chi connectivity index (χ3v) is 4.52. The first-order chi connectivity index (χ1) is 13.0. The van der Waals surface area contributed by atoms with Crippen LogP contribution in [0, 0.1) is 6.92 Å². The first-order valence-corrected chi connectivity index (χ1v) is 9.04. The molecule has 0 aliphatic heterocycles. The van der Waals surface area contributed by atoms with Gasteiger partial charge in [0.2, 0.25) is 5.91 Å². The fourth-order valence-corrected chi connectivity index (χ4v) is 2.81. The number of hydrogen-bond acceptors (Lipinski definition) is 3. The molecule has 1 unspecified atom stereocenters. The van der Waals surface area contributed by atoms with Crippen LogP contribution >= 0.6 is 0 Å². The van der Waals surface area contributed by atoms with Gasteiger partial charge in [0.05, 0.1) is 5.69 Å². The van der Waals surface area contributed by atoms with Crippen LogP contribution in [0.4, 0.5) is 5.69 Å². The molecular formula is C22H23N3O2. The number of hydrogen-bond donors (Lipinski definition) is 1. The number of carbonyl (C=O) groups excluding carboxylic acids is 1. The Morgan fingerprint density at radius 1 is 1.11 bits per heavy atom. The first kappa shape index (κ1) is 18.6. The van der Waals surface area contributed by atoms with Crippen molar-refractivity contribution in [1.29, 1.82) is 0 Å². The van der Waals surface area contributed by atoms with E-state index >= 15 is 0 Å². The Bertz CT molecular complexity index is 1010. The number of aromatic nitrogens is 2. The Morgan fingerprint density at radius 2 is 1.85 bits per heavy atom. The summed E-state index contributed by atoms with van der Waals surface area (Å²) in [6.45, 7) is 5.74. The summed E-state index contributed by atoms with van der Waals surface area (Å²) >= 11 is 0. The fourth-order valence-electron chi connectivity index (χ4n) is 2.81. The Balaban J connectivity index is 1.85. The molecule has 0 spiro atoms. The van der Waals surface area contributed by atoms with Gasteiger partial charge in [-0.25, -0.2) is 4.68 Å². The van der Waals surface area contributed by atoms with Gasteiger partial charge < -0.3 is 5.32 Å². The molecule has 0 saturated heterocycles. The molecule has 0 fully saturated rings. The van der Waals surface area contributed by atoms with Crippen molar-refractivity contribution in [2.24, 2.45) is 0 Å². The number of carbonyl (C=O) groups is 1. The predicted octanol–water partition coefficient (Wildman–Crippen LogP) is 3.98. The zero-order valence-electron chi connectivity index (χ0n) is 15.8. The minimum Gasteiger partial charge on any atom is -0.324 e. The van der Waals surface area contributed by atoms with Crippen LogP contribution in [0.3, 0.4) is 0 Å². The van der Waals surface area contributed by atoms with Crippen LogP contribution < -0.4 is 10.9 Å². The molecule has 2 aromatic carbocycles. The van der Waals surface area contributed by atoms with E-state index in [9.17, 15) is 9.59 Å². The van der Waals surface area contributed by atoms with Gasteiger partial charge in [0, 0.05) is 17.3 Å². The Morgan fingerprint density at radius 3 is 2.56 bits per heavy atom. The van der Waals surface area contributed by atoms with Gasteiger partial charge >= 0.3 is 0 Å². The predicted molar refractivity (Wildman–Crippen MR) is 108 cm³/mol. The first-order valence-electron chi connectivity index (χ1n) is 9.04. The van der Waals surface area contributed by atoms with Crippen LogP contribution in [-0.4, -0.2) is 15.7 Å². The zero-order valence-corrected chi connectivity index (χ0v) is 15.8. The van der Waals surface area contributed by atoms with Crippen LogP contribution in [0.1, 0.15) is 31.0 Å². The fraction of sp³-hybridized carbons (Fsp3) is 0.227. The monoisotopic (exact) mass is 361 g/mol. The lowest BCUT2D eigenvalue weighted by atomic mass is 10.1. The molecule has 0 saturated carbocycles. The normalized spacial score (nSPS) is 11.8. The summed E-state index contributed by atoms with van der Waals surface area (Å²) in [4.78, 5) is 24.9. The van der Waals surface area contributed by atoms with Gasteiger partial charge in [0.25, 0.3) is 5.56 Å². The molecule has 0 aliphatic rings. The van der Waals surface area contributed by atoms with E-state index in [0.29, 0.717) is 11.4 Å². The average Bonchev–Trinajstić information content (AvgIpc) is 2.68. The summed E-state index contributed by atoms with van der Waals surface area (Å²) in [5.74, 6) is -0.279. The average molecular weight is 361 g/mol. The van der Waals surface area contributed by atoms with Gasteiger partial charge in [-0.15, -0.1) is 0 Å². The minimum atomic E-state index is -0.729. The van der Waals surface area contributed by atoms with Crippen LogP contribution in [0.15, 0.2) is 65.5 Å². The quantitative estimate of drug-likeness (QED) is 0.747. The van der Waals surface area contributed by atoms with E-state index in [1.165, 1.54) is 10.7 Å². The molecule has 1 atom stereocenters. The van der Waals surface area contributed by atoms with Crippen molar-refractivity contribution in [2.75, 3.05) is 5.32 Å². The van der Waals surface area contributed by atoms with Gasteiger partial charge in [0.15, 0.2) is 0 Å². The third kappa shape index (κ3) is 4.31. The Hall–Kier alpha value is -3.21. The number of anilines is 1. The summed E-state index contributed by atoms with van der Waals surface area (Å²) in [7, 11) is 0. The van der Waals surface area contributed by atoms with Crippen molar-refractivity contribution in [3.63, 3.8) is 0 Å². The van der Waals surface area contributed by atoms with E-state index in [0.717, 1.165) is 23.1 Å². The molecule has 5 nitrogen and oxygen atoms in total. The molecule has 138 valence electrons. The van der Waals surface area contributed by atoms with Crippen LogP contribution in [0.25, 0.3) is 11.3 Å². The smallest absolute Gasteiger partial charge is 0.267 e. The van der Waals surface area contributed by atoms with E-state index in [-0.39, 0.29) is 11.5 Å². The van der Waals surface area contributed by atoms with Crippen molar-refractivity contribution in [3.8, 4) is 11.3 Å². The third-order valence-electron chi connectivity index (χ3n) is 4.52. The molecule has 1 aromatic heterocycles. The standard InChI is InChI=1S/C22H23N3O2/c1-4-17-6-5-7-19(14-17)23-22(27)16(3)25-21(26)13-12-20(24-25)18-10-8-15(2)9-11-18/h5-14,16H,4H2,1-3H3,(H,23,27). The molecule has 3 rings (SSSR count). The highest BCUT2D eigenvalue weighted by Gasteiger charge is 2.18. The number of rotatable bonds is 5. The zero-order chi connectivity index (χ0) is 19.4. The molecule has 27 heavy (non-hydrogen) atoms. The van der Waals surface area contributed by atoms with Gasteiger partial charge in [-0.2, -0.15) is 5.10 Å². The molecule has 0 aliphatic carbocycles. The molecule has 1 amide bonds. The number of benzene rings is 2. The lowest BCUT2D eigenvalue weighted by Gasteiger charge is -2.15. The van der Waals surface area contributed by atoms with Crippen molar-refractivity contribution in [1.82, 2.24) is 9.78 Å². The second-order valence-corrected chi connectivity index (χ2v) is 6.59. The Labute approximate surface area is 158 Å². The second-order valence-electron chi connectivity index (χ2n) is 6.59. The largest absolute Gasteiger partial charge is 0.324 e. The van der Waals surface area contributed by atoms with E-state index in [1.807, 2.05) is 55.5 Å². The van der Waals surface area contributed by atoms with Gasteiger partial charge in [-0.1, -0.05) is 48.9 Å². The lowest BCUT2D eigenvalue weighted by molar-refractivity contribution is -0.119. The van der Waals surface area contributed by atoms with E-state index in [2.05, 4.69) is 17.3 Å². The molecule has 0 radical (unpaired) electrons. The maximum Gasteiger partial charge on any atom is 0.267 e. The van der Waals surface area contributed by atoms with Gasteiger partial charge in [-0.3, -0.25) is 9.59 Å². The molecule has 0 bridgehead atoms. The highest BCUT2D eigenvalue weighted by atomic mass is 16.2. The number of aryl methyl sites for hydroxylation is 2. The van der Waals surface area contributed by atoms with Crippen molar-refractivity contribution < 1.29 is 4.79 Å². The summed E-state index contributed by atoms with van der Waals surface area (Å²) in [5, 5.41) is 7.28. The van der Waals surface area contributed by atoms with E-state index < -0.39 is 6.04 Å². The molecule has 1 heterocycles. The van der Waals surface area contributed by atoms with Crippen molar-refractivity contribution in [2.45, 2.75) is 33.2 Å². The SMILES string of the molecule is CCc1cccc(NC(=O)C(C)n2nc(-c3ccc(C)cc3)ccc2=O)c1. The summed E-state index contributed by atoms with van der Waals surface area (Å²) < 4.78 is 1.23. The molecule has 5 heteroatoms. The number of nitrogens with zero attached hydrogens (tertiary/aromatic N) is 2. The van der Waals surface area contributed by atoms with Crippen molar-refractivity contribution in [3.05, 3.63) is 82.1 Å². The summed E-state index contributed by atoms with van der Waals surface area (Å²) in [6.07, 6.45) is 0.888. The van der Waals surface area contributed by atoms with Crippen LogP contribution in [-0.2, 0) is 11.2 Å². The highest BCUT2D eigenvalue weighted by Crippen LogP contribution is 2.18. The van der Waals surface area contributed by atoms with Crippen LogP contribution in [0.2, 0.25) is 0 Å². The maximum atomic E-state index is 12.6. The Kier molecular flexibility index (Phi) is 5.50. The lowest BCUT2D eigenvalue weighted by Crippen LogP contribution is -2.33. The highest BCUT2D eigenvalue weighted by molar-refractivity contribution is 5.93. The summed E-state index contributed by atoms with van der Waals surface area (Å²) in [6, 6.07) is 18.0. The maximum absolute atomic E-state index is 12.6. The van der Waals surface area contributed by atoms with Crippen LogP contribution in [0.5, 0.6) is 0 Å². The number of amides is 1. The topological polar surface area (TPSA) is 64.0 Å². The molecular weight excluding hydrogens is 338 g/mol. The second kappa shape index (κ2) is 7.99. The molecule has 1 N–H and O–H groups in total. The summed E-state index contributed by atoms with van der Waals surface area (Å²) in [5.41, 5.74) is 4.25. The van der Waals surface area contributed by atoms with E-state index in [1.54, 1.807) is 13.0 Å².